The summed E-state index contributed by atoms with van der Waals surface area (Å²) in [6.07, 6.45) is 0. The topological polar surface area (TPSA) is 98.1 Å². The number of esters is 1. The average molecular weight is 259 g/mol. The van der Waals surface area contributed by atoms with Gasteiger partial charge < -0.3 is 4.74 Å². The standard InChI is InChI=1S/C12H9N3O4/c1-2-19-12(16)6-5-11-9-7-8(15(17)18)3-4-10(9)13-14-11/h3-4,7H,2H2,1H3,(H,13,14). The molecule has 0 atom stereocenters. The lowest BCUT2D eigenvalue weighted by Crippen LogP contribution is -1.99. The molecule has 1 aromatic carbocycles. The van der Waals surface area contributed by atoms with Crippen LogP contribution in [0, 0.1) is 22.0 Å². The van der Waals surface area contributed by atoms with Crippen molar-refractivity contribution in [2.75, 3.05) is 6.61 Å². The number of non-ortho nitro benzene ring substituents is 1. The normalized spacial score (nSPS) is 9.74. The van der Waals surface area contributed by atoms with Crippen molar-refractivity contribution in [3.8, 4) is 11.8 Å². The number of H-pyrrole nitrogens is 1. The zero-order chi connectivity index (χ0) is 13.8. The van der Waals surface area contributed by atoms with E-state index in [1.54, 1.807) is 6.92 Å². The van der Waals surface area contributed by atoms with Crippen LogP contribution in [0.1, 0.15) is 12.6 Å². The summed E-state index contributed by atoms with van der Waals surface area (Å²) in [5.41, 5.74) is 0.818. The molecule has 0 amide bonds. The number of carbonyl (C=O) groups excluding carboxylic acids is 1. The molecule has 0 aliphatic carbocycles. The first-order chi connectivity index (χ1) is 9.11. The molecule has 0 bridgehead atoms. The monoisotopic (exact) mass is 259 g/mol. The van der Waals surface area contributed by atoms with Crippen molar-refractivity contribution < 1.29 is 14.5 Å². The Morgan fingerprint density at radius 3 is 3.05 bits per heavy atom. The van der Waals surface area contributed by atoms with E-state index >= 15 is 0 Å². The van der Waals surface area contributed by atoms with Gasteiger partial charge in [0.05, 0.1) is 17.0 Å². The minimum atomic E-state index is -0.657. The Morgan fingerprint density at radius 2 is 2.37 bits per heavy atom. The van der Waals surface area contributed by atoms with Crippen LogP contribution in [0.4, 0.5) is 5.69 Å². The molecule has 0 aliphatic rings. The van der Waals surface area contributed by atoms with Gasteiger partial charge >= 0.3 is 5.97 Å². The van der Waals surface area contributed by atoms with Gasteiger partial charge in [-0.2, -0.15) is 5.10 Å². The SMILES string of the molecule is CCOC(=O)C#Cc1[nH]nc2ccc([N+](=O)[O-])cc12. The molecule has 7 nitrogen and oxygen atoms in total. The van der Waals surface area contributed by atoms with E-state index in [4.69, 9.17) is 0 Å². The van der Waals surface area contributed by atoms with Crippen molar-refractivity contribution in [1.29, 1.82) is 0 Å². The Hall–Kier alpha value is -2.88. The number of carbonyl (C=O) groups is 1. The van der Waals surface area contributed by atoms with E-state index in [0.717, 1.165) is 0 Å². The third kappa shape index (κ3) is 2.69. The second kappa shape index (κ2) is 5.18. The van der Waals surface area contributed by atoms with Crippen LogP contribution < -0.4 is 0 Å². The van der Waals surface area contributed by atoms with Crippen LogP contribution in [0.5, 0.6) is 0 Å². The summed E-state index contributed by atoms with van der Waals surface area (Å²) < 4.78 is 4.66. The number of nitrogens with one attached hydrogen (secondary N) is 1. The maximum Gasteiger partial charge on any atom is 0.384 e. The highest BCUT2D eigenvalue weighted by Crippen LogP contribution is 2.21. The van der Waals surface area contributed by atoms with Crippen LogP contribution >= 0.6 is 0 Å². The van der Waals surface area contributed by atoms with Crippen LogP contribution in [-0.2, 0) is 9.53 Å². The van der Waals surface area contributed by atoms with Gasteiger partial charge in [0.15, 0.2) is 0 Å². The van der Waals surface area contributed by atoms with Crippen LogP contribution in [0.15, 0.2) is 18.2 Å². The van der Waals surface area contributed by atoms with Gasteiger partial charge in [0.1, 0.15) is 5.69 Å². The van der Waals surface area contributed by atoms with Crippen LogP contribution in [0.25, 0.3) is 10.9 Å². The third-order valence-electron chi connectivity index (χ3n) is 2.31. The first-order valence-electron chi connectivity index (χ1n) is 5.43. The molecular formula is C12H9N3O4. The van der Waals surface area contributed by atoms with Gasteiger partial charge in [-0.3, -0.25) is 15.2 Å². The van der Waals surface area contributed by atoms with Gasteiger partial charge in [-0.05, 0) is 18.9 Å². The minimum absolute atomic E-state index is 0.0620. The van der Waals surface area contributed by atoms with E-state index in [1.807, 2.05) is 0 Å². The van der Waals surface area contributed by atoms with Crippen molar-refractivity contribution >= 4 is 22.6 Å². The van der Waals surface area contributed by atoms with E-state index in [2.05, 4.69) is 26.8 Å². The number of ether oxygens (including phenoxy) is 1. The molecule has 0 saturated carbocycles. The molecule has 1 aromatic heterocycles. The maximum atomic E-state index is 11.1. The van der Waals surface area contributed by atoms with Crippen molar-refractivity contribution in [2.24, 2.45) is 0 Å². The molecule has 2 rings (SSSR count). The molecular weight excluding hydrogens is 250 g/mol. The van der Waals surface area contributed by atoms with Crippen molar-refractivity contribution in [2.45, 2.75) is 6.92 Å². The highest BCUT2D eigenvalue weighted by atomic mass is 16.6. The van der Waals surface area contributed by atoms with Gasteiger partial charge in [0, 0.05) is 23.4 Å². The summed E-state index contributed by atoms with van der Waals surface area (Å²) in [5.74, 6) is 4.17. The highest BCUT2D eigenvalue weighted by molar-refractivity contribution is 5.91. The fourth-order valence-corrected chi connectivity index (χ4v) is 1.49. The fourth-order valence-electron chi connectivity index (χ4n) is 1.49. The smallest absolute Gasteiger partial charge is 0.384 e. The van der Waals surface area contributed by atoms with Crippen molar-refractivity contribution in [3.05, 3.63) is 34.0 Å². The van der Waals surface area contributed by atoms with Crippen molar-refractivity contribution in [1.82, 2.24) is 10.2 Å². The minimum Gasteiger partial charge on any atom is -0.456 e. The van der Waals surface area contributed by atoms with E-state index < -0.39 is 10.9 Å². The molecule has 1 heterocycles. The summed E-state index contributed by atoms with van der Waals surface area (Å²) >= 11 is 0. The summed E-state index contributed by atoms with van der Waals surface area (Å²) in [6.45, 7) is 1.91. The molecule has 19 heavy (non-hydrogen) atoms. The lowest BCUT2D eigenvalue weighted by molar-refractivity contribution is -0.384. The predicted molar refractivity (Wildman–Crippen MR) is 66.3 cm³/mol. The molecule has 0 fully saturated rings. The molecule has 0 aliphatic heterocycles. The van der Waals surface area contributed by atoms with E-state index in [0.29, 0.717) is 16.6 Å². The molecule has 0 unspecified atom stereocenters. The number of benzene rings is 1. The van der Waals surface area contributed by atoms with E-state index in [1.165, 1.54) is 18.2 Å². The second-order valence-corrected chi connectivity index (χ2v) is 3.53. The zero-order valence-corrected chi connectivity index (χ0v) is 9.97. The van der Waals surface area contributed by atoms with Gasteiger partial charge in [-0.25, -0.2) is 4.79 Å². The van der Waals surface area contributed by atoms with Crippen LogP contribution in [-0.4, -0.2) is 27.7 Å². The number of nitro benzene ring substituents is 1. The second-order valence-electron chi connectivity index (χ2n) is 3.53. The summed E-state index contributed by atoms with van der Waals surface area (Å²) in [4.78, 5) is 21.3. The Labute approximate surface area is 107 Å². The number of hydrogen-bond acceptors (Lipinski definition) is 5. The van der Waals surface area contributed by atoms with Crippen LogP contribution in [0.3, 0.4) is 0 Å². The molecule has 96 valence electrons. The quantitative estimate of drug-likeness (QED) is 0.380. The Balaban J connectivity index is 2.41. The number of nitro groups is 1. The Kier molecular flexibility index (Phi) is 3.43. The molecule has 1 N–H and O–H groups in total. The van der Waals surface area contributed by atoms with E-state index in [-0.39, 0.29) is 12.3 Å². The zero-order valence-electron chi connectivity index (χ0n) is 9.97. The maximum absolute atomic E-state index is 11.1. The first-order valence-corrected chi connectivity index (χ1v) is 5.43. The van der Waals surface area contributed by atoms with Gasteiger partial charge in [0.25, 0.3) is 5.69 Å². The molecule has 2 aromatic rings. The lowest BCUT2D eigenvalue weighted by Gasteiger charge is -1.92. The highest BCUT2D eigenvalue weighted by Gasteiger charge is 2.10. The largest absolute Gasteiger partial charge is 0.456 e. The third-order valence-corrected chi connectivity index (χ3v) is 2.31. The Morgan fingerprint density at radius 1 is 1.58 bits per heavy atom. The van der Waals surface area contributed by atoms with Gasteiger partial charge in [-0.15, -0.1) is 0 Å². The average Bonchev–Trinajstić information content (AvgIpc) is 2.79. The van der Waals surface area contributed by atoms with E-state index in [9.17, 15) is 14.9 Å². The fraction of sp³-hybridized carbons (Fsp3) is 0.167. The number of rotatable bonds is 2. The number of aromatic amines is 1. The van der Waals surface area contributed by atoms with Gasteiger partial charge in [0.2, 0.25) is 0 Å². The lowest BCUT2D eigenvalue weighted by atomic mass is 10.2. The Bertz CT molecular complexity index is 709. The summed E-state index contributed by atoms with van der Waals surface area (Å²) in [7, 11) is 0. The molecule has 0 spiro atoms. The number of nitrogens with zero attached hydrogens (tertiary/aromatic N) is 2. The van der Waals surface area contributed by atoms with Crippen molar-refractivity contribution in [3.63, 3.8) is 0 Å². The number of aromatic nitrogens is 2. The summed E-state index contributed by atoms with van der Waals surface area (Å²) in [6, 6.07) is 4.22. The molecule has 7 heteroatoms. The molecule has 0 radical (unpaired) electrons. The number of hydrogen-bond donors (Lipinski definition) is 1. The van der Waals surface area contributed by atoms with Gasteiger partial charge in [-0.1, -0.05) is 0 Å². The summed E-state index contributed by atoms with van der Waals surface area (Å²) in [5, 5.41) is 17.7. The first kappa shape index (κ1) is 12.6. The molecule has 0 saturated heterocycles. The van der Waals surface area contributed by atoms with Crippen LogP contribution in [0.2, 0.25) is 0 Å². The number of fused-ring (bicyclic) bond motifs is 1. The predicted octanol–water partition coefficient (Wildman–Crippen LogP) is 1.39.